The molecule has 0 amide bonds. The summed E-state index contributed by atoms with van der Waals surface area (Å²) >= 11 is 6.16. The molecule has 4 nitrogen and oxygen atoms in total. The van der Waals surface area contributed by atoms with Crippen LogP contribution in [0.3, 0.4) is 0 Å². The second kappa shape index (κ2) is 5.72. The van der Waals surface area contributed by atoms with E-state index in [2.05, 4.69) is 20.5 Å². The number of halogens is 1. The summed E-state index contributed by atoms with van der Waals surface area (Å²) < 4.78 is 0. The molecule has 2 aromatic rings. The van der Waals surface area contributed by atoms with Crippen molar-refractivity contribution in [2.75, 3.05) is 6.54 Å². The monoisotopic (exact) mass is 276 g/mol. The Bertz CT molecular complexity index is 546. The van der Waals surface area contributed by atoms with Crippen molar-refractivity contribution >= 4 is 11.6 Å². The Balaban J connectivity index is 1.73. The molecule has 5 heteroatoms. The number of aromatic amines is 1. The van der Waals surface area contributed by atoms with Crippen molar-refractivity contribution in [2.45, 2.75) is 31.7 Å². The van der Waals surface area contributed by atoms with Gasteiger partial charge in [0.2, 0.25) is 0 Å². The number of rotatable bonds is 3. The van der Waals surface area contributed by atoms with Gasteiger partial charge in [-0.1, -0.05) is 36.2 Å². The number of piperidine rings is 1. The molecular formula is C14H17ClN4. The Kier molecular flexibility index (Phi) is 3.80. The third-order valence-corrected chi connectivity index (χ3v) is 3.86. The lowest BCUT2D eigenvalue weighted by Gasteiger charge is -2.20. The lowest BCUT2D eigenvalue weighted by atomic mass is 10.0. The number of hydrogen-bond donors (Lipinski definition) is 2. The molecule has 0 saturated carbocycles. The van der Waals surface area contributed by atoms with Gasteiger partial charge in [-0.25, -0.2) is 4.98 Å². The van der Waals surface area contributed by atoms with Gasteiger partial charge in [0, 0.05) is 11.4 Å². The lowest BCUT2D eigenvalue weighted by molar-refractivity contribution is 0.398. The highest BCUT2D eigenvalue weighted by Gasteiger charge is 2.19. The summed E-state index contributed by atoms with van der Waals surface area (Å²) in [6, 6.07) is 8.13. The maximum Gasteiger partial charge on any atom is 0.167 e. The highest BCUT2D eigenvalue weighted by atomic mass is 35.5. The maximum atomic E-state index is 6.16. The fourth-order valence-corrected chi connectivity index (χ4v) is 2.64. The number of H-pyrrole nitrogens is 1. The zero-order valence-electron chi connectivity index (χ0n) is 10.7. The van der Waals surface area contributed by atoms with Crippen LogP contribution in [-0.4, -0.2) is 21.7 Å². The van der Waals surface area contributed by atoms with Crippen molar-refractivity contribution in [2.24, 2.45) is 0 Å². The van der Waals surface area contributed by atoms with Crippen molar-refractivity contribution in [3.05, 3.63) is 46.5 Å². The van der Waals surface area contributed by atoms with Crippen LogP contribution in [0.4, 0.5) is 0 Å². The van der Waals surface area contributed by atoms with Crippen molar-refractivity contribution in [3.8, 4) is 0 Å². The van der Waals surface area contributed by atoms with E-state index in [1.165, 1.54) is 12.8 Å². The average molecular weight is 277 g/mol. The summed E-state index contributed by atoms with van der Waals surface area (Å²) in [6.07, 6.45) is 4.29. The Morgan fingerprint density at radius 1 is 1.26 bits per heavy atom. The minimum Gasteiger partial charge on any atom is -0.307 e. The van der Waals surface area contributed by atoms with Gasteiger partial charge in [-0.2, -0.15) is 5.10 Å². The Morgan fingerprint density at radius 2 is 2.16 bits per heavy atom. The van der Waals surface area contributed by atoms with E-state index in [-0.39, 0.29) is 0 Å². The van der Waals surface area contributed by atoms with Crippen molar-refractivity contribution < 1.29 is 0 Å². The van der Waals surface area contributed by atoms with E-state index in [1.54, 1.807) is 0 Å². The predicted octanol–water partition coefficient (Wildman–Crippen LogP) is 2.86. The van der Waals surface area contributed by atoms with E-state index in [9.17, 15) is 0 Å². The fraction of sp³-hybridized carbons (Fsp3) is 0.429. The van der Waals surface area contributed by atoms with E-state index in [1.807, 2.05) is 24.3 Å². The molecule has 100 valence electrons. The van der Waals surface area contributed by atoms with Crippen molar-refractivity contribution in [1.82, 2.24) is 20.5 Å². The van der Waals surface area contributed by atoms with E-state index in [0.717, 1.165) is 35.2 Å². The molecule has 1 aromatic heterocycles. The van der Waals surface area contributed by atoms with Crippen LogP contribution in [0, 0.1) is 0 Å². The van der Waals surface area contributed by atoms with Gasteiger partial charge in [-0.3, -0.25) is 5.10 Å². The van der Waals surface area contributed by atoms with E-state index in [0.29, 0.717) is 12.5 Å². The summed E-state index contributed by atoms with van der Waals surface area (Å²) in [5.74, 6) is 1.75. The van der Waals surface area contributed by atoms with Gasteiger partial charge < -0.3 is 5.32 Å². The second-order valence-corrected chi connectivity index (χ2v) is 5.32. The fourth-order valence-electron chi connectivity index (χ4n) is 2.44. The molecule has 1 atom stereocenters. The zero-order valence-corrected chi connectivity index (χ0v) is 11.5. The van der Waals surface area contributed by atoms with Crippen LogP contribution in [0.5, 0.6) is 0 Å². The van der Waals surface area contributed by atoms with Crippen LogP contribution in [0.15, 0.2) is 24.3 Å². The number of hydrogen-bond acceptors (Lipinski definition) is 3. The van der Waals surface area contributed by atoms with Gasteiger partial charge in [-0.05, 0) is 31.0 Å². The molecule has 1 fully saturated rings. The zero-order chi connectivity index (χ0) is 13.1. The molecule has 2 N–H and O–H groups in total. The van der Waals surface area contributed by atoms with Gasteiger partial charge in [0.15, 0.2) is 5.82 Å². The lowest BCUT2D eigenvalue weighted by Crippen LogP contribution is -2.27. The SMILES string of the molecule is Clc1ccccc1Cc1nc(C2CCCCN2)n[nH]1. The van der Waals surface area contributed by atoms with Gasteiger partial charge in [0.1, 0.15) is 5.82 Å². The van der Waals surface area contributed by atoms with Crippen LogP contribution < -0.4 is 5.32 Å². The molecule has 0 radical (unpaired) electrons. The minimum atomic E-state index is 0.296. The Hall–Kier alpha value is -1.39. The molecule has 19 heavy (non-hydrogen) atoms. The predicted molar refractivity (Wildman–Crippen MR) is 75.2 cm³/mol. The molecule has 0 aliphatic carbocycles. The number of nitrogens with zero attached hydrogens (tertiary/aromatic N) is 2. The summed E-state index contributed by atoms with van der Waals surface area (Å²) in [5, 5.41) is 11.6. The van der Waals surface area contributed by atoms with Gasteiger partial charge in [0.05, 0.1) is 6.04 Å². The highest BCUT2D eigenvalue weighted by molar-refractivity contribution is 6.31. The molecular weight excluding hydrogens is 260 g/mol. The van der Waals surface area contributed by atoms with Crippen LogP contribution in [0.2, 0.25) is 5.02 Å². The molecule has 0 spiro atoms. The van der Waals surface area contributed by atoms with E-state index in [4.69, 9.17) is 11.6 Å². The molecule has 1 aromatic carbocycles. The quantitative estimate of drug-likeness (QED) is 0.906. The summed E-state index contributed by atoms with van der Waals surface area (Å²) in [4.78, 5) is 4.58. The molecule has 1 unspecified atom stereocenters. The normalized spacial score (nSPS) is 19.5. The minimum absolute atomic E-state index is 0.296. The highest BCUT2D eigenvalue weighted by Crippen LogP contribution is 2.21. The second-order valence-electron chi connectivity index (χ2n) is 4.91. The first-order valence-electron chi connectivity index (χ1n) is 6.71. The van der Waals surface area contributed by atoms with E-state index < -0.39 is 0 Å². The first kappa shape index (κ1) is 12.6. The van der Waals surface area contributed by atoms with Gasteiger partial charge >= 0.3 is 0 Å². The average Bonchev–Trinajstić information content (AvgIpc) is 2.91. The van der Waals surface area contributed by atoms with Crippen LogP contribution in [0.1, 0.15) is 42.5 Å². The third-order valence-electron chi connectivity index (χ3n) is 3.49. The van der Waals surface area contributed by atoms with Gasteiger partial charge in [-0.15, -0.1) is 0 Å². The maximum absolute atomic E-state index is 6.16. The van der Waals surface area contributed by atoms with Crippen molar-refractivity contribution in [3.63, 3.8) is 0 Å². The first-order chi connectivity index (χ1) is 9.33. The molecule has 2 heterocycles. The van der Waals surface area contributed by atoms with E-state index >= 15 is 0 Å². The number of aromatic nitrogens is 3. The third kappa shape index (κ3) is 2.96. The van der Waals surface area contributed by atoms with Crippen LogP contribution in [-0.2, 0) is 6.42 Å². The summed E-state index contributed by atoms with van der Waals surface area (Å²) in [6.45, 7) is 1.05. The van der Waals surface area contributed by atoms with Crippen molar-refractivity contribution in [1.29, 1.82) is 0 Å². The standard InChI is InChI=1S/C14H17ClN4/c15-11-6-2-1-5-10(11)9-13-17-14(19-18-13)12-7-3-4-8-16-12/h1-2,5-6,12,16H,3-4,7-9H2,(H,17,18,19). The first-order valence-corrected chi connectivity index (χ1v) is 7.08. The van der Waals surface area contributed by atoms with Crippen LogP contribution >= 0.6 is 11.6 Å². The summed E-state index contributed by atoms with van der Waals surface area (Å²) in [5.41, 5.74) is 1.07. The van der Waals surface area contributed by atoms with Crippen LogP contribution in [0.25, 0.3) is 0 Å². The number of nitrogens with one attached hydrogen (secondary N) is 2. The Labute approximate surface area is 117 Å². The van der Waals surface area contributed by atoms with Gasteiger partial charge in [0.25, 0.3) is 0 Å². The molecule has 3 rings (SSSR count). The largest absolute Gasteiger partial charge is 0.307 e. The molecule has 1 aliphatic heterocycles. The topological polar surface area (TPSA) is 53.6 Å². The smallest absolute Gasteiger partial charge is 0.167 e. The number of benzene rings is 1. The molecule has 1 aliphatic rings. The summed E-state index contributed by atoms with van der Waals surface area (Å²) in [7, 11) is 0. The molecule has 0 bridgehead atoms. The Morgan fingerprint density at radius 3 is 2.95 bits per heavy atom. The molecule has 1 saturated heterocycles.